The highest BCUT2D eigenvalue weighted by Gasteiger charge is 2.46. The second-order valence-corrected chi connectivity index (χ2v) is 17.4. The molecule has 1 saturated carbocycles. The Morgan fingerprint density at radius 1 is 0.915 bits per heavy atom. The van der Waals surface area contributed by atoms with Gasteiger partial charge in [0.05, 0.1) is 23.4 Å². The second kappa shape index (κ2) is 15.4. The van der Waals surface area contributed by atoms with Gasteiger partial charge in [-0.05, 0) is 99.7 Å². The average molecular weight is 804 g/mol. The fraction of sp³-hybridized carbons (Fsp3) is 0.512. The lowest BCUT2D eigenvalue weighted by molar-refractivity contribution is -0.126. The van der Waals surface area contributed by atoms with E-state index in [4.69, 9.17) is 10.7 Å². The Morgan fingerprint density at radius 2 is 1.69 bits per heavy atom. The predicted octanol–water partition coefficient (Wildman–Crippen LogP) is 3.53. The number of aromatic nitrogens is 2. The van der Waals surface area contributed by atoms with Gasteiger partial charge < -0.3 is 41.3 Å². The van der Waals surface area contributed by atoms with Gasteiger partial charge in [0.15, 0.2) is 11.5 Å². The molecule has 6 aliphatic rings. The largest absolute Gasteiger partial charge is 0.382 e. The maximum absolute atomic E-state index is 13.6. The number of carbonyl (C=O) groups excluding carboxylic acids is 5. The van der Waals surface area contributed by atoms with Crippen LogP contribution in [0.1, 0.15) is 95.1 Å². The summed E-state index contributed by atoms with van der Waals surface area (Å²) in [6.07, 6.45) is 8.58. The standard InChI is InChI=1S/C43H53N11O5/c1-43(14-18-51(19-15-43)30-22-28(23-30)47-32-8-3-7-31-35(32)41(58)54(40(31)57)33-9-4-16-45-39(33)56)26-10-12-27(13-11-26)48-38-36(37(44)55)46-24-34(49-38)52-17-5-6-29(25-52)53-21-20-50(2)42(53)59/h3,7-8,10-13,24,28-30,33,47H,4-6,9,14-23,25H2,1-2H3,(H2,44,55)(H,45,56)(H,48,49)/t28?,29-,30?,33?/m0/s1. The van der Waals surface area contributed by atoms with Crippen LogP contribution in [0.15, 0.2) is 48.7 Å². The van der Waals surface area contributed by atoms with Crippen LogP contribution in [0.3, 0.4) is 0 Å². The van der Waals surface area contributed by atoms with Gasteiger partial charge in [-0.25, -0.2) is 14.8 Å². The van der Waals surface area contributed by atoms with Gasteiger partial charge in [-0.3, -0.25) is 24.1 Å². The molecule has 9 rings (SSSR count). The Morgan fingerprint density at radius 3 is 2.41 bits per heavy atom. The van der Waals surface area contributed by atoms with Crippen LogP contribution in [0.4, 0.5) is 27.8 Å². The molecule has 1 aromatic heterocycles. The van der Waals surface area contributed by atoms with Gasteiger partial charge in [0.25, 0.3) is 17.7 Å². The summed E-state index contributed by atoms with van der Waals surface area (Å²) in [6, 6.07) is 13.7. The van der Waals surface area contributed by atoms with Crippen molar-refractivity contribution in [3.63, 3.8) is 0 Å². The number of urea groups is 1. The number of nitrogens with zero attached hydrogens (tertiary/aromatic N) is 7. The zero-order chi connectivity index (χ0) is 41.0. The fourth-order valence-corrected chi connectivity index (χ4v) is 9.92. The first kappa shape index (κ1) is 38.7. The highest BCUT2D eigenvalue weighted by molar-refractivity contribution is 6.25. The van der Waals surface area contributed by atoms with Crippen LogP contribution in [0.5, 0.6) is 0 Å². The second-order valence-electron chi connectivity index (χ2n) is 17.4. The van der Waals surface area contributed by atoms with Gasteiger partial charge in [-0.1, -0.05) is 25.1 Å². The summed E-state index contributed by atoms with van der Waals surface area (Å²) in [4.78, 5) is 83.3. The molecule has 0 spiro atoms. The van der Waals surface area contributed by atoms with E-state index in [9.17, 15) is 24.0 Å². The number of nitrogens with one attached hydrogen (secondary N) is 3. The maximum Gasteiger partial charge on any atom is 0.320 e. The van der Waals surface area contributed by atoms with Crippen LogP contribution in [0.2, 0.25) is 0 Å². The van der Waals surface area contributed by atoms with Crippen LogP contribution < -0.4 is 26.6 Å². The molecule has 1 aliphatic carbocycles. The third kappa shape index (κ3) is 7.21. The predicted molar refractivity (Wildman–Crippen MR) is 222 cm³/mol. The number of benzene rings is 2. The van der Waals surface area contributed by atoms with E-state index in [1.807, 2.05) is 30.1 Å². The SMILES string of the molecule is CN1CCN([C@H]2CCCN(c3cnc(C(N)=O)c(Nc4ccc(C5(C)CCN(C6CC(Nc7cccc8c7C(=O)N(C7CCCNC7=O)C8=O)C6)CC5)cc4)n3)C2)C1=O. The molecular weight excluding hydrogens is 751 g/mol. The summed E-state index contributed by atoms with van der Waals surface area (Å²) >= 11 is 0. The molecule has 0 bridgehead atoms. The number of hydrogen-bond donors (Lipinski definition) is 4. The number of amides is 6. The van der Waals surface area contributed by atoms with Crippen molar-refractivity contribution in [3.8, 4) is 0 Å². The van der Waals surface area contributed by atoms with Crippen LogP contribution in [0.25, 0.3) is 0 Å². The van der Waals surface area contributed by atoms with Crippen molar-refractivity contribution in [3.05, 3.63) is 71.0 Å². The Balaban J connectivity index is 0.793. The molecule has 5 aliphatic heterocycles. The lowest BCUT2D eigenvalue weighted by atomic mass is 9.73. The minimum atomic E-state index is -0.761. The van der Waals surface area contributed by atoms with Crippen molar-refractivity contribution < 1.29 is 24.0 Å². The van der Waals surface area contributed by atoms with Crippen molar-refractivity contribution >= 4 is 52.7 Å². The molecule has 6 amide bonds. The van der Waals surface area contributed by atoms with E-state index in [2.05, 4.69) is 49.8 Å². The third-order valence-electron chi connectivity index (χ3n) is 13.7. The van der Waals surface area contributed by atoms with Crippen molar-refractivity contribution in [2.24, 2.45) is 5.73 Å². The summed E-state index contributed by atoms with van der Waals surface area (Å²) in [7, 11) is 1.83. The van der Waals surface area contributed by atoms with E-state index < -0.39 is 23.8 Å². The van der Waals surface area contributed by atoms with E-state index in [1.54, 1.807) is 23.2 Å². The molecule has 2 atom stereocenters. The van der Waals surface area contributed by atoms with Gasteiger partial charge in [-0.2, -0.15) is 0 Å². The van der Waals surface area contributed by atoms with Crippen LogP contribution >= 0.6 is 0 Å². The zero-order valence-electron chi connectivity index (χ0n) is 33.8. The van der Waals surface area contributed by atoms with Gasteiger partial charge >= 0.3 is 6.03 Å². The first-order valence-corrected chi connectivity index (χ1v) is 21.1. The Hall–Kier alpha value is -5.77. The number of rotatable bonds is 10. The summed E-state index contributed by atoms with van der Waals surface area (Å²) in [6.45, 7) is 7.72. The maximum atomic E-state index is 13.6. The van der Waals surface area contributed by atoms with E-state index in [-0.39, 0.29) is 35.1 Å². The fourth-order valence-electron chi connectivity index (χ4n) is 9.92. The minimum absolute atomic E-state index is 0.00344. The molecule has 310 valence electrons. The molecule has 5 N–H and O–H groups in total. The monoisotopic (exact) mass is 803 g/mol. The number of fused-ring (bicyclic) bond motifs is 1. The molecule has 2 aromatic carbocycles. The summed E-state index contributed by atoms with van der Waals surface area (Å²) in [5, 5.41) is 9.66. The topological polar surface area (TPSA) is 189 Å². The highest BCUT2D eigenvalue weighted by Crippen LogP contribution is 2.40. The molecular formula is C43H53N11O5. The number of nitrogens with two attached hydrogens (primary N) is 1. The molecule has 5 fully saturated rings. The number of likely N-dealkylation sites (tertiary alicyclic amines) is 1. The quantitative estimate of drug-likeness (QED) is 0.220. The van der Waals surface area contributed by atoms with Crippen LogP contribution in [-0.4, -0.2) is 136 Å². The molecule has 16 heteroatoms. The number of piperidine rings is 3. The van der Waals surface area contributed by atoms with Gasteiger partial charge in [0.1, 0.15) is 11.9 Å². The summed E-state index contributed by atoms with van der Waals surface area (Å²) < 4.78 is 0. The average Bonchev–Trinajstić information content (AvgIpc) is 3.70. The molecule has 59 heavy (non-hydrogen) atoms. The van der Waals surface area contributed by atoms with Gasteiger partial charge in [-0.15, -0.1) is 0 Å². The number of hydrogen-bond acceptors (Lipinski definition) is 11. The smallest absolute Gasteiger partial charge is 0.320 e. The molecule has 3 aromatic rings. The number of primary amides is 1. The van der Waals surface area contributed by atoms with Crippen molar-refractivity contribution in [2.45, 2.75) is 87.9 Å². The van der Waals surface area contributed by atoms with Crippen molar-refractivity contribution in [2.75, 3.05) is 68.4 Å². The van der Waals surface area contributed by atoms with Crippen molar-refractivity contribution in [1.29, 1.82) is 0 Å². The van der Waals surface area contributed by atoms with Crippen LogP contribution in [0, 0.1) is 0 Å². The Bertz CT molecular complexity index is 2170. The zero-order valence-corrected chi connectivity index (χ0v) is 33.8. The molecule has 16 nitrogen and oxygen atoms in total. The lowest BCUT2D eigenvalue weighted by Crippen LogP contribution is -2.54. The number of anilines is 4. The summed E-state index contributed by atoms with van der Waals surface area (Å²) in [5.74, 6) is -0.769. The normalized spacial score (nSPS) is 25.8. The number of likely N-dealkylation sites (N-methyl/N-ethyl adjacent to an activating group) is 1. The van der Waals surface area contributed by atoms with E-state index in [0.717, 1.165) is 88.3 Å². The van der Waals surface area contributed by atoms with E-state index in [1.165, 1.54) is 5.56 Å². The third-order valence-corrected chi connectivity index (χ3v) is 13.7. The molecule has 4 saturated heterocycles. The molecule has 6 heterocycles. The molecule has 1 unspecified atom stereocenters. The summed E-state index contributed by atoms with van der Waals surface area (Å²) in [5.41, 5.74) is 9.24. The van der Waals surface area contributed by atoms with Crippen molar-refractivity contribution in [1.82, 2.24) is 34.9 Å². The van der Waals surface area contributed by atoms with Gasteiger partial charge in [0, 0.05) is 63.2 Å². The number of imide groups is 1. The van der Waals surface area contributed by atoms with Crippen LogP contribution in [-0.2, 0) is 10.2 Å². The minimum Gasteiger partial charge on any atom is -0.382 e. The molecule has 0 radical (unpaired) electrons. The lowest BCUT2D eigenvalue weighted by Gasteiger charge is -2.48. The highest BCUT2D eigenvalue weighted by atomic mass is 16.2. The number of carbonyl (C=O) groups is 5. The van der Waals surface area contributed by atoms with E-state index in [0.29, 0.717) is 54.0 Å². The Labute approximate surface area is 343 Å². The first-order valence-electron chi connectivity index (χ1n) is 21.1. The van der Waals surface area contributed by atoms with Gasteiger partial charge in [0.2, 0.25) is 5.91 Å². The Kier molecular flexibility index (Phi) is 10.1. The van der Waals surface area contributed by atoms with E-state index >= 15 is 0 Å². The first-order chi connectivity index (χ1) is 28.5.